The zero-order valence-corrected chi connectivity index (χ0v) is 8.56. The molecule has 0 rings (SSSR count). The molecule has 0 aliphatic heterocycles. The lowest BCUT2D eigenvalue weighted by molar-refractivity contribution is -0.161. The van der Waals surface area contributed by atoms with E-state index in [2.05, 4.69) is 0 Å². The predicted octanol–water partition coefficient (Wildman–Crippen LogP) is -0.709. The van der Waals surface area contributed by atoms with Gasteiger partial charge in [-0.15, -0.1) is 0 Å². The fraction of sp³-hybridized carbons (Fsp3) is 0.889. The molecule has 0 saturated carbocycles. The van der Waals surface area contributed by atoms with E-state index in [-0.39, 0.29) is 13.2 Å². The monoisotopic (exact) mass is 206 g/mol. The number of esters is 1. The highest BCUT2D eigenvalue weighted by molar-refractivity contribution is 5.76. The van der Waals surface area contributed by atoms with Gasteiger partial charge in [0.15, 0.2) is 0 Å². The van der Waals surface area contributed by atoms with Gasteiger partial charge in [0, 0.05) is 0 Å². The summed E-state index contributed by atoms with van der Waals surface area (Å²) in [6.07, 6.45) is -0.601. The van der Waals surface area contributed by atoms with Crippen molar-refractivity contribution >= 4 is 5.97 Å². The van der Waals surface area contributed by atoms with E-state index < -0.39 is 24.1 Å². The highest BCUT2D eigenvalue weighted by Gasteiger charge is 2.32. The number of hydrogen-bond acceptors (Lipinski definition) is 5. The van der Waals surface area contributed by atoms with Crippen LogP contribution in [-0.4, -0.2) is 47.2 Å². The van der Waals surface area contributed by atoms with Crippen LogP contribution in [0.2, 0.25) is 0 Å². The van der Waals surface area contributed by atoms with Crippen LogP contribution in [0.15, 0.2) is 0 Å². The number of carbonyl (C=O) groups excluding carboxylic acids is 1. The van der Waals surface area contributed by atoms with Crippen molar-refractivity contribution < 1.29 is 24.9 Å². The second-order valence-electron chi connectivity index (χ2n) is 3.51. The van der Waals surface area contributed by atoms with Crippen molar-refractivity contribution in [2.24, 2.45) is 5.41 Å². The average Bonchev–Trinajstić information content (AvgIpc) is 2.23. The van der Waals surface area contributed by atoms with Gasteiger partial charge >= 0.3 is 5.97 Å². The minimum Gasteiger partial charge on any atom is -0.462 e. The normalized spacial score (nSPS) is 17.2. The Hall–Kier alpha value is -0.650. The maximum atomic E-state index is 11.4. The van der Waals surface area contributed by atoms with Gasteiger partial charge < -0.3 is 20.1 Å². The molecule has 5 heteroatoms. The largest absolute Gasteiger partial charge is 0.462 e. The molecule has 0 aromatic rings. The molecular weight excluding hydrogens is 188 g/mol. The molecule has 0 heterocycles. The number of carbonyl (C=O) groups is 1. The van der Waals surface area contributed by atoms with Crippen molar-refractivity contribution in [1.29, 1.82) is 0 Å². The fourth-order valence-electron chi connectivity index (χ4n) is 0.720. The van der Waals surface area contributed by atoms with Gasteiger partial charge in [0.1, 0.15) is 12.7 Å². The first-order valence-corrected chi connectivity index (χ1v) is 4.57. The molecule has 0 bridgehead atoms. The second kappa shape index (κ2) is 5.95. The highest BCUT2D eigenvalue weighted by Crippen LogP contribution is 2.21. The summed E-state index contributed by atoms with van der Waals surface area (Å²) >= 11 is 0. The van der Waals surface area contributed by atoms with E-state index in [9.17, 15) is 4.79 Å². The summed E-state index contributed by atoms with van der Waals surface area (Å²) in [6, 6.07) is 0. The molecule has 2 unspecified atom stereocenters. The van der Waals surface area contributed by atoms with Crippen molar-refractivity contribution in [3.05, 3.63) is 0 Å². The molecule has 5 nitrogen and oxygen atoms in total. The molecule has 0 saturated heterocycles. The first-order chi connectivity index (χ1) is 6.50. The molecule has 0 aromatic carbocycles. The highest BCUT2D eigenvalue weighted by atomic mass is 16.5. The molecule has 0 aliphatic carbocycles. The lowest BCUT2D eigenvalue weighted by Gasteiger charge is -2.23. The third-order valence-electron chi connectivity index (χ3n) is 2.24. The van der Waals surface area contributed by atoms with E-state index in [4.69, 9.17) is 20.1 Å². The number of aliphatic hydroxyl groups is 3. The SMILES string of the molecule is CCC(C)(CO)C(=O)OCC(O)CO. The summed E-state index contributed by atoms with van der Waals surface area (Å²) in [5, 5.41) is 26.4. The van der Waals surface area contributed by atoms with Gasteiger partial charge in [0.05, 0.1) is 18.6 Å². The van der Waals surface area contributed by atoms with Gasteiger partial charge in [-0.05, 0) is 13.3 Å². The average molecular weight is 206 g/mol. The number of ether oxygens (including phenoxy) is 1. The predicted molar refractivity (Wildman–Crippen MR) is 49.5 cm³/mol. The third kappa shape index (κ3) is 3.61. The minimum atomic E-state index is -1.06. The zero-order chi connectivity index (χ0) is 11.2. The molecule has 84 valence electrons. The molecule has 0 spiro atoms. The fourth-order valence-corrected chi connectivity index (χ4v) is 0.720. The van der Waals surface area contributed by atoms with Gasteiger partial charge in [0.25, 0.3) is 0 Å². The van der Waals surface area contributed by atoms with E-state index in [1.54, 1.807) is 13.8 Å². The van der Waals surface area contributed by atoms with Crippen molar-refractivity contribution in [2.45, 2.75) is 26.4 Å². The van der Waals surface area contributed by atoms with Crippen molar-refractivity contribution in [1.82, 2.24) is 0 Å². The van der Waals surface area contributed by atoms with Crippen LogP contribution in [0.25, 0.3) is 0 Å². The first-order valence-electron chi connectivity index (χ1n) is 4.57. The Kier molecular flexibility index (Phi) is 5.68. The molecule has 0 amide bonds. The van der Waals surface area contributed by atoms with Crippen LogP contribution in [0, 0.1) is 5.41 Å². The third-order valence-corrected chi connectivity index (χ3v) is 2.24. The summed E-state index contributed by atoms with van der Waals surface area (Å²) in [4.78, 5) is 11.4. The maximum Gasteiger partial charge on any atom is 0.314 e. The summed E-state index contributed by atoms with van der Waals surface area (Å²) in [7, 11) is 0. The van der Waals surface area contributed by atoms with Crippen LogP contribution in [0.4, 0.5) is 0 Å². The standard InChI is InChI=1S/C9H18O5/c1-3-9(2,6-11)8(13)14-5-7(12)4-10/h7,10-12H,3-6H2,1-2H3. The number of hydrogen-bond donors (Lipinski definition) is 3. The van der Waals surface area contributed by atoms with E-state index in [1.165, 1.54) is 0 Å². The summed E-state index contributed by atoms with van der Waals surface area (Å²) < 4.78 is 4.73. The van der Waals surface area contributed by atoms with Crippen LogP contribution >= 0.6 is 0 Å². The lowest BCUT2D eigenvalue weighted by Crippen LogP contribution is -2.35. The summed E-state index contributed by atoms with van der Waals surface area (Å²) in [5.74, 6) is -0.560. The van der Waals surface area contributed by atoms with E-state index in [0.717, 1.165) is 0 Å². The lowest BCUT2D eigenvalue weighted by atomic mass is 9.89. The quantitative estimate of drug-likeness (QED) is 0.500. The molecule has 0 fully saturated rings. The smallest absolute Gasteiger partial charge is 0.314 e. The first kappa shape index (κ1) is 13.4. The van der Waals surface area contributed by atoms with Crippen LogP contribution in [0.1, 0.15) is 20.3 Å². The molecule has 0 radical (unpaired) electrons. The second-order valence-corrected chi connectivity index (χ2v) is 3.51. The molecule has 2 atom stereocenters. The van der Waals surface area contributed by atoms with Crippen LogP contribution in [0.5, 0.6) is 0 Å². The van der Waals surface area contributed by atoms with Gasteiger partial charge in [-0.1, -0.05) is 6.92 Å². The number of rotatable bonds is 6. The van der Waals surface area contributed by atoms with Crippen molar-refractivity contribution in [3.63, 3.8) is 0 Å². The molecule has 0 aromatic heterocycles. The number of aliphatic hydroxyl groups excluding tert-OH is 3. The molecular formula is C9H18O5. The van der Waals surface area contributed by atoms with Gasteiger partial charge in [0.2, 0.25) is 0 Å². The Labute approximate surface area is 83.3 Å². The zero-order valence-electron chi connectivity index (χ0n) is 8.56. The van der Waals surface area contributed by atoms with Gasteiger partial charge in [-0.25, -0.2) is 0 Å². The van der Waals surface area contributed by atoms with Crippen LogP contribution < -0.4 is 0 Å². The Bertz CT molecular complexity index is 176. The van der Waals surface area contributed by atoms with Gasteiger partial charge in [-0.2, -0.15) is 0 Å². The van der Waals surface area contributed by atoms with Gasteiger partial charge in [-0.3, -0.25) is 4.79 Å². The van der Waals surface area contributed by atoms with Crippen molar-refractivity contribution in [2.75, 3.05) is 19.8 Å². The maximum absolute atomic E-state index is 11.4. The molecule has 3 N–H and O–H groups in total. The topological polar surface area (TPSA) is 87.0 Å². The summed E-state index contributed by atoms with van der Waals surface area (Å²) in [5.41, 5.74) is -0.921. The Morgan fingerprint density at radius 2 is 2.07 bits per heavy atom. The van der Waals surface area contributed by atoms with Crippen LogP contribution in [-0.2, 0) is 9.53 Å². The minimum absolute atomic E-state index is 0.245. The van der Waals surface area contributed by atoms with E-state index in [0.29, 0.717) is 6.42 Å². The Morgan fingerprint density at radius 1 is 1.50 bits per heavy atom. The van der Waals surface area contributed by atoms with E-state index >= 15 is 0 Å². The molecule has 0 aliphatic rings. The van der Waals surface area contributed by atoms with E-state index in [1.807, 2.05) is 0 Å². The Balaban J connectivity index is 4.06. The van der Waals surface area contributed by atoms with Crippen molar-refractivity contribution in [3.8, 4) is 0 Å². The summed E-state index contributed by atoms with van der Waals surface area (Å²) in [6.45, 7) is 2.36. The Morgan fingerprint density at radius 3 is 2.43 bits per heavy atom. The van der Waals surface area contributed by atoms with Crippen LogP contribution in [0.3, 0.4) is 0 Å². The molecule has 14 heavy (non-hydrogen) atoms.